The lowest BCUT2D eigenvalue weighted by Gasteiger charge is -2.28. The summed E-state index contributed by atoms with van der Waals surface area (Å²) >= 11 is 0.683. The van der Waals surface area contributed by atoms with Gasteiger partial charge in [0.05, 0.1) is 23.6 Å². The van der Waals surface area contributed by atoms with E-state index in [2.05, 4.69) is 20.5 Å². The Morgan fingerprint density at radius 1 is 1.14 bits per heavy atom. The minimum absolute atomic E-state index is 0.000870. The van der Waals surface area contributed by atoms with Gasteiger partial charge in [0.25, 0.3) is 11.6 Å². The zero-order chi connectivity index (χ0) is 33.0. The minimum Gasteiger partial charge on any atom is -0.463 e. The number of esters is 1. The number of ether oxygens (including phenoxy) is 1. The normalized spacial score (nSPS) is 12.3. The Kier molecular flexibility index (Phi) is 10.1. The number of nitrogens with one attached hydrogen (secondary N) is 1. The van der Waals surface area contributed by atoms with Crippen LogP contribution < -0.4 is 5.32 Å². The van der Waals surface area contributed by atoms with Crippen molar-refractivity contribution in [2.45, 2.75) is 34.6 Å². The Balaban J connectivity index is 1.86. The van der Waals surface area contributed by atoms with Crippen LogP contribution in [0, 0.1) is 15.9 Å². The lowest BCUT2D eigenvalue weighted by atomic mass is 10.0. The predicted octanol–water partition coefficient (Wildman–Crippen LogP) is 3.91. The maximum atomic E-state index is 14.5. The highest BCUT2D eigenvalue weighted by Gasteiger charge is 2.73. The fraction of sp³-hybridized carbons (Fsp3) is 0.364. The number of anilines is 1. The minimum atomic E-state index is -6.69. The lowest BCUT2D eigenvalue weighted by Crippen LogP contribution is -2.50. The highest BCUT2D eigenvalue weighted by atomic mass is 32.2. The van der Waals surface area contributed by atoms with Crippen molar-refractivity contribution in [3.05, 3.63) is 57.5 Å². The molecule has 0 aliphatic rings. The molecule has 2 heterocycles. The highest BCUT2D eigenvalue weighted by molar-refractivity contribution is 7.99. The molecule has 44 heavy (non-hydrogen) atoms. The number of nitrogens with zero attached hydrogens (tertiary/aromatic N) is 7. The standard InChI is InChI=1S/C22H18F8N8O5S/c1-36(2)10-16(39)43-6-5-37-19(33-34-35-37)44-15-4-3-12(38(41)42)8-13(15)18(40)32-17-14(23)7-11(9-31-17)20(24,25)21(26,27)22(28,29)30/h3-4,7-9H,5-6,10H2,1-2H3,(H,31,32,40). The second-order valence-electron chi connectivity index (χ2n) is 8.84. The van der Waals surface area contributed by atoms with Crippen LogP contribution in [-0.2, 0) is 22.0 Å². The first-order chi connectivity index (χ1) is 20.3. The molecule has 3 aromatic rings. The van der Waals surface area contributed by atoms with Crippen LogP contribution in [0.25, 0.3) is 0 Å². The molecular formula is C22H18F8N8O5S. The Bertz CT molecular complexity index is 1550. The summed E-state index contributed by atoms with van der Waals surface area (Å²) in [5.74, 6) is -17.5. The molecule has 238 valence electrons. The van der Waals surface area contributed by atoms with Crippen molar-refractivity contribution >= 4 is 35.1 Å². The molecule has 1 N–H and O–H groups in total. The van der Waals surface area contributed by atoms with Crippen molar-refractivity contribution in [2.75, 3.05) is 32.6 Å². The van der Waals surface area contributed by atoms with Crippen molar-refractivity contribution in [1.29, 1.82) is 0 Å². The van der Waals surface area contributed by atoms with Crippen molar-refractivity contribution in [3.8, 4) is 0 Å². The molecule has 0 atom stereocenters. The number of aromatic nitrogens is 5. The topological polar surface area (TPSA) is 158 Å². The maximum absolute atomic E-state index is 14.5. The third-order valence-electron chi connectivity index (χ3n) is 5.32. The molecule has 0 aliphatic carbocycles. The number of non-ortho nitro benzene ring substituents is 1. The van der Waals surface area contributed by atoms with Gasteiger partial charge in [-0.25, -0.2) is 14.1 Å². The number of hydrogen-bond acceptors (Lipinski definition) is 11. The largest absolute Gasteiger partial charge is 0.463 e. The molecule has 0 unspecified atom stereocenters. The maximum Gasteiger partial charge on any atom is 0.460 e. The van der Waals surface area contributed by atoms with Gasteiger partial charge in [-0.2, -0.15) is 30.7 Å². The number of nitro groups is 1. The SMILES string of the molecule is CN(C)CC(=O)OCCn1nnnc1Sc1ccc([N+](=O)[O-])cc1C(=O)Nc1ncc(C(F)(F)C(F)(F)C(F)(F)F)cc1F. The number of benzene rings is 1. The first-order valence-corrected chi connectivity index (χ1v) is 12.5. The number of nitro benzene ring substituents is 1. The molecule has 0 radical (unpaired) electrons. The van der Waals surface area contributed by atoms with E-state index in [9.17, 15) is 54.8 Å². The van der Waals surface area contributed by atoms with Crippen LogP contribution >= 0.6 is 11.8 Å². The average Bonchev–Trinajstić information content (AvgIpc) is 3.35. The van der Waals surface area contributed by atoms with Crippen LogP contribution in [0.2, 0.25) is 0 Å². The van der Waals surface area contributed by atoms with Gasteiger partial charge in [-0.15, -0.1) is 5.10 Å². The quantitative estimate of drug-likeness (QED) is 0.130. The van der Waals surface area contributed by atoms with Gasteiger partial charge in [-0.3, -0.25) is 24.6 Å². The van der Waals surface area contributed by atoms with E-state index in [0.29, 0.717) is 11.8 Å². The van der Waals surface area contributed by atoms with Gasteiger partial charge in [0.15, 0.2) is 11.6 Å². The van der Waals surface area contributed by atoms with Gasteiger partial charge >= 0.3 is 24.0 Å². The third-order valence-corrected chi connectivity index (χ3v) is 6.37. The molecule has 0 spiro atoms. The van der Waals surface area contributed by atoms with Crippen LogP contribution in [0.15, 0.2) is 40.5 Å². The monoisotopic (exact) mass is 658 g/mol. The van der Waals surface area contributed by atoms with Crippen molar-refractivity contribution in [2.24, 2.45) is 0 Å². The lowest BCUT2D eigenvalue weighted by molar-refractivity contribution is -0.384. The van der Waals surface area contributed by atoms with Crippen molar-refractivity contribution in [1.82, 2.24) is 30.1 Å². The number of tetrazole rings is 1. The number of carbonyl (C=O) groups excluding carboxylic acids is 2. The summed E-state index contributed by atoms with van der Waals surface area (Å²) in [6.07, 6.45) is -6.88. The zero-order valence-electron chi connectivity index (χ0n) is 22.1. The molecular weight excluding hydrogens is 640 g/mol. The fourth-order valence-corrected chi connectivity index (χ4v) is 4.10. The van der Waals surface area contributed by atoms with Gasteiger partial charge in [0.2, 0.25) is 5.16 Å². The number of hydrogen-bond donors (Lipinski definition) is 1. The molecule has 3 rings (SSSR count). The van der Waals surface area contributed by atoms with E-state index < -0.39 is 63.3 Å². The van der Waals surface area contributed by atoms with E-state index in [1.807, 2.05) is 0 Å². The molecule has 0 bridgehead atoms. The van der Waals surface area contributed by atoms with Crippen LogP contribution in [-0.4, -0.2) is 86.2 Å². The first kappa shape index (κ1) is 34.0. The summed E-state index contributed by atoms with van der Waals surface area (Å²) in [5, 5.41) is 24.0. The fourth-order valence-electron chi connectivity index (χ4n) is 3.19. The summed E-state index contributed by atoms with van der Waals surface area (Å²) in [4.78, 5) is 39.7. The number of carbonyl (C=O) groups is 2. The van der Waals surface area contributed by atoms with Gasteiger partial charge < -0.3 is 10.1 Å². The second kappa shape index (κ2) is 13.0. The van der Waals surface area contributed by atoms with E-state index >= 15 is 0 Å². The summed E-state index contributed by atoms with van der Waals surface area (Å²) in [5.41, 5.74) is -3.28. The van der Waals surface area contributed by atoms with E-state index in [1.54, 1.807) is 24.3 Å². The summed E-state index contributed by atoms with van der Waals surface area (Å²) in [6, 6.07) is 2.47. The first-order valence-electron chi connectivity index (χ1n) is 11.7. The molecule has 22 heteroatoms. The van der Waals surface area contributed by atoms with E-state index in [4.69, 9.17) is 4.74 Å². The predicted molar refractivity (Wildman–Crippen MR) is 132 cm³/mol. The molecule has 0 aliphatic heterocycles. The van der Waals surface area contributed by atoms with Crippen molar-refractivity contribution < 1.29 is 54.4 Å². The van der Waals surface area contributed by atoms with Crippen LogP contribution in [0.1, 0.15) is 15.9 Å². The number of likely N-dealkylation sites (N-methyl/N-ethyl adjacent to an activating group) is 1. The summed E-state index contributed by atoms with van der Waals surface area (Å²) < 4.78 is 113. The molecule has 1 aromatic carbocycles. The average molecular weight is 658 g/mol. The van der Waals surface area contributed by atoms with E-state index in [0.717, 1.165) is 22.9 Å². The number of pyridine rings is 1. The van der Waals surface area contributed by atoms with Crippen LogP contribution in [0.4, 0.5) is 46.6 Å². The van der Waals surface area contributed by atoms with E-state index in [-0.39, 0.29) is 42.0 Å². The van der Waals surface area contributed by atoms with Gasteiger partial charge in [-0.1, -0.05) is 0 Å². The van der Waals surface area contributed by atoms with Crippen molar-refractivity contribution in [3.63, 3.8) is 0 Å². The Hall–Kier alpha value is -4.47. The summed E-state index contributed by atoms with van der Waals surface area (Å²) in [7, 11) is 3.29. The van der Waals surface area contributed by atoms with Crippen LogP contribution in [0.5, 0.6) is 0 Å². The van der Waals surface area contributed by atoms with Gasteiger partial charge in [0, 0.05) is 28.8 Å². The number of amides is 1. The number of halogens is 8. The molecule has 0 fully saturated rings. The molecule has 13 nitrogen and oxygen atoms in total. The molecule has 1 amide bonds. The summed E-state index contributed by atoms with van der Waals surface area (Å²) in [6.45, 7) is -0.213. The number of alkyl halides is 7. The molecule has 2 aromatic heterocycles. The Labute approximate surface area is 244 Å². The molecule has 0 saturated carbocycles. The number of rotatable bonds is 12. The Morgan fingerprint density at radius 3 is 2.41 bits per heavy atom. The van der Waals surface area contributed by atoms with Gasteiger partial charge in [-0.05, 0) is 48.4 Å². The smallest absolute Gasteiger partial charge is 0.460 e. The van der Waals surface area contributed by atoms with E-state index in [1.165, 1.54) is 0 Å². The second-order valence-corrected chi connectivity index (χ2v) is 9.85. The van der Waals surface area contributed by atoms with Crippen LogP contribution in [0.3, 0.4) is 0 Å². The zero-order valence-corrected chi connectivity index (χ0v) is 22.9. The third kappa shape index (κ3) is 7.53. The molecule has 0 saturated heterocycles. The Morgan fingerprint density at radius 2 is 1.82 bits per heavy atom. The highest BCUT2D eigenvalue weighted by Crippen LogP contribution is 2.51. The van der Waals surface area contributed by atoms with Gasteiger partial charge in [0.1, 0.15) is 6.61 Å².